The highest BCUT2D eigenvalue weighted by Crippen LogP contribution is 2.18. The first-order chi connectivity index (χ1) is 7.99. The number of Topliss-reactive ketones (excluding diaryl/α,β-unsaturated/α-hetero) is 1. The summed E-state index contributed by atoms with van der Waals surface area (Å²) in [5.41, 5.74) is 2.55. The van der Waals surface area contributed by atoms with Crippen LogP contribution >= 0.6 is 0 Å². The van der Waals surface area contributed by atoms with Gasteiger partial charge in [-0.15, -0.1) is 0 Å². The molecule has 0 aromatic carbocycles. The predicted molar refractivity (Wildman–Crippen MR) is 66.5 cm³/mol. The average molecular weight is 237 g/mol. The van der Waals surface area contributed by atoms with Crippen LogP contribution in [0, 0.1) is 13.8 Å². The van der Waals surface area contributed by atoms with Gasteiger partial charge in [-0.1, -0.05) is 0 Å². The average Bonchev–Trinajstić information content (AvgIpc) is 2.54. The van der Waals surface area contributed by atoms with E-state index in [9.17, 15) is 9.59 Å². The molecule has 1 heterocycles. The zero-order valence-corrected chi connectivity index (χ0v) is 10.7. The van der Waals surface area contributed by atoms with Crippen molar-refractivity contribution in [3.8, 4) is 0 Å². The second kappa shape index (κ2) is 5.63. The maximum absolute atomic E-state index is 11.8. The first kappa shape index (κ1) is 13.4. The van der Waals surface area contributed by atoms with E-state index in [1.807, 2.05) is 7.05 Å². The number of H-pyrrole nitrogens is 1. The summed E-state index contributed by atoms with van der Waals surface area (Å²) in [5.74, 6) is -0.195. The number of carbonyl (C=O) groups excluding carboxylic acids is 2. The molecule has 0 aliphatic carbocycles. The third kappa shape index (κ3) is 2.94. The van der Waals surface area contributed by atoms with Crippen molar-refractivity contribution >= 4 is 11.7 Å². The number of aromatic amines is 1. The van der Waals surface area contributed by atoms with E-state index in [-0.39, 0.29) is 11.7 Å². The summed E-state index contributed by atoms with van der Waals surface area (Å²) in [7, 11) is 1.82. The molecule has 0 radical (unpaired) electrons. The number of nitrogens with one attached hydrogen (secondary N) is 3. The molecule has 5 nitrogen and oxygen atoms in total. The summed E-state index contributed by atoms with van der Waals surface area (Å²) in [4.78, 5) is 26.2. The third-order valence-corrected chi connectivity index (χ3v) is 2.68. The van der Waals surface area contributed by atoms with Crippen LogP contribution < -0.4 is 10.6 Å². The van der Waals surface area contributed by atoms with E-state index >= 15 is 0 Å². The molecule has 0 spiro atoms. The summed E-state index contributed by atoms with van der Waals surface area (Å²) in [6, 6.07) is 0. The molecule has 0 saturated carbocycles. The lowest BCUT2D eigenvalue weighted by Crippen LogP contribution is -2.31. The van der Waals surface area contributed by atoms with Crippen molar-refractivity contribution in [3.05, 3.63) is 22.5 Å². The van der Waals surface area contributed by atoms with Crippen LogP contribution in [0.3, 0.4) is 0 Å². The minimum atomic E-state index is -0.173. The maximum atomic E-state index is 11.8. The number of aryl methyl sites for hydroxylation is 1. The molecular formula is C12H19N3O2. The molecule has 0 aliphatic rings. The quantitative estimate of drug-likeness (QED) is 0.523. The van der Waals surface area contributed by atoms with E-state index in [1.165, 1.54) is 6.92 Å². The van der Waals surface area contributed by atoms with Crippen molar-refractivity contribution in [3.63, 3.8) is 0 Å². The van der Waals surface area contributed by atoms with Gasteiger partial charge in [0.2, 0.25) is 0 Å². The van der Waals surface area contributed by atoms with Gasteiger partial charge in [-0.2, -0.15) is 0 Å². The van der Waals surface area contributed by atoms with E-state index in [2.05, 4.69) is 15.6 Å². The topological polar surface area (TPSA) is 74.0 Å². The number of ketones is 1. The standard InChI is InChI=1S/C12H19N3O2/c1-7-10(9(3)16)8(2)15-11(7)12(17)14-6-5-13-4/h13,15H,5-6H2,1-4H3,(H,14,17). The monoisotopic (exact) mass is 237 g/mol. The Bertz CT molecular complexity index is 435. The number of hydrogen-bond acceptors (Lipinski definition) is 3. The van der Waals surface area contributed by atoms with E-state index in [0.717, 1.165) is 11.3 Å². The van der Waals surface area contributed by atoms with E-state index in [1.54, 1.807) is 13.8 Å². The summed E-state index contributed by atoms with van der Waals surface area (Å²) in [6.07, 6.45) is 0. The van der Waals surface area contributed by atoms with E-state index in [4.69, 9.17) is 0 Å². The molecule has 0 aliphatic heterocycles. The molecule has 1 aromatic heterocycles. The molecule has 1 aromatic rings. The van der Waals surface area contributed by atoms with Gasteiger partial charge in [0, 0.05) is 24.3 Å². The second-order valence-electron chi connectivity index (χ2n) is 4.04. The van der Waals surface area contributed by atoms with Gasteiger partial charge in [-0.3, -0.25) is 9.59 Å². The van der Waals surface area contributed by atoms with Crippen LogP contribution in [0.2, 0.25) is 0 Å². The molecule has 0 atom stereocenters. The van der Waals surface area contributed by atoms with Gasteiger partial charge in [-0.25, -0.2) is 0 Å². The highest BCUT2D eigenvalue weighted by atomic mass is 16.2. The Labute approximate surface area is 101 Å². The molecule has 17 heavy (non-hydrogen) atoms. The number of likely N-dealkylation sites (N-methyl/N-ethyl adjacent to an activating group) is 1. The number of carbonyl (C=O) groups is 2. The van der Waals surface area contributed by atoms with Crippen LogP contribution in [0.4, 0.5) is 0 Å². The lowest BCUT2D eigenvalue weighted by molar-refractivity contribution is 0.0949. The molecule has 1 rings (SSSR count). The predicted octanol–water partition coefficient (Wildman–Crippen LogP) is 0.783. The van der Waals surface area contributed by atoms with Gasteiger partial charge in [0.25, 0.3) is 5.91 Å². The molecule has 1 amide bonds. The van der Waals surface area contributed by atoms with E-state index in [0.29, 0.717) is 24.3 Å². The van der Waals surface area contributed by atoms with Crippen molar-refractivity contribution in [1.29, 1.82) is 0 Å². The van der Waals surface area contributed by atoms with Gasteiger partial charge in [0.1, 0.15) is 5.69 Å². The van der Waals surface area contributed by atoms with Crippen molar-refractivity contribution in [2.45, 2.75) is 20.8 Å². The maximum Gasteiger partial charge on any atom is 0.268 e. The fourth-order valence-corrected chi connectivity index (χ4v) is 1.89. The largest absolute Gasteiger partial charge is 0.354 e. The number of aromatic nitrogens is 1. The Morgan fingerprint density at radius 1 is 1.24 bits per heavy atom. The van der Waals surface area contributed by atoms with Gasteiger partial charge in [0.05, 0.1) is 0 Å². The first-order valence-corrected chi connectivity index (χ1v) is 5.62. The zero-order valence-electron chi connectivity index (χ0n) is 10.7. The van der Waals surface area contributed by atoms with Crippen molar-refractivity contribution in [1.82, 2.24) is 15.6 Å². The number of hydrogen-bond donors (Lipinski definition) is 3. The summed E-state index contributed by atoms with van der Waals surface area (Å²) in [6.45, 7) is 6.36. The highest BCUT2D eigenvalue weighted by molar-refractivity contribution is 6.02. The van der Waals surface area contributed by atoms with Gasteiger partial charge >= 0.3 is 0 Å². The SMILES string of the molecule is CNCCNC(=O)c1[nH]c(C)c(C(C)=O)c1C. The molecule has 94 valence electrons. The normalized spacial score (nSPS) is 10.4. The summed E-state index contributed by atoms with van der Waals surface area (Å²) in [5, 5.41) is 5.72. The minimum absolute atomic E-state index is 0.0227. The second-order valence-corrected chi connectivity index (χ2v) is 4.04. The molecule has 5 heteroatoms. The fourth-order valence-electron chi connectivity index (χ4n) is 1.89. The minimum Gasteiger partial charge on any atom is -0.354 e. The lowest BCUT2D eigenvalue weighted by atomic mass is 10.1. The smallest absolute Gasteiger partial charge is 0.268 e. The van der Waals surface area contributed by atoms with Crippen LogP contribution in [0.5, 0.6) is 0 Å². The van der Waals surface area contributed by atoms with Gasteiger partial charge < -0.3 is 15.6 Å². The first-order valence-electron chi connectivity index (χ1n) is 5.62. The Morgan fingerprint density at radius 3 is 2.35 bits per heavy atom. The zero-order chi connectivity index (χ0) is 13.0. The number of rotatable bonds is 5. The molecule has 3 N–H and O–H groups in total. The molecule has 0 bridgehead atoms. The fraction of sp³-hybridized carbons (Fsp3) is 0.500. The molecule has 0 unspecified atom stereocenters. The molecule has 0 fully saturated rings. The number of amides is 1. The highest BCUT2D eigenvalue weighted by Gasteiger charge is 2.19. The van der Waals surface area contributed by atoms with Crippen LogP contribution in [0.25, 0.3) is 0 Å². The van der Waals surface area contributed by atoms with Crippen molar-refractivity contribution < 1.29 is 9.59 Å². The molecular weight excluding hydrogens is 218 g/mol. The lowest BCUT2D eigenvalue weighted by Gasteiger charge is -2.04. The van der Waals surface area contributed by atoms with Crippen LogP contribution in [0.1, 0.15) is 39.0 Å². The third-order valence-electron chi connectivity index (χ3n) is 2.68. The Kier molecular flexibility index (Phi) is 4.45. The van der Waals surface area contributed by atoms with Crippen molar-refractivity contribution in [2.75, 3.05) is 20.1 Å². The summed E-state index contributed by atoms with van der Waals surface area (Å²) < 4.78 is 0. The van der Waals surface area contributed by atoms with Crippen LogP contribution in [0.15, 0.2) is 0 Å². The van der Waals surface area contributed by atoms with Crippen molar-refractivity contribution in [2.24, 2.45) is 0 Å². The summed E-state index contributed by atoms with van der Waals surface area (Å²) >= 11 is 0. The Balaban J connectivity index is 2.88. The van der Waals surface area contributed by atoms with E-state index < -0.39 is 0 Å². The Hall–Kier alpha value is -1.62. The van der Waals surface area contributed by atoms with Crippen LogP contribution in [-0.4, -0.2) is 36.8 Å². The molecule has 0 saturated heterocycles. The van der Waals surface area contributed by atoms with Crippen LogP contribution in [-0.2, 0) is 0 Å². The van der Waals surface area contributed by atoms with Gasteiger partial charge in [0.15, 0.2) is 5.78 Å². The van der Waals surface area contributed by atoms with Gasteiger partial charge in [-0.05, 0) is 33.4 Å². The Morgan fingerprint density at radius 2 is 1.88 bits per heavy atom.